The first-order chi connectivity index (χ1) is 7.86. The van der Waals surface area contributed by atoms with Gasteiger partial charge in [-0.25, -0.2) is 4.79 Å². The van der Waals surface area contributed by atoms with E-state index in [2.05, 4.69) is 5.32 Å². The summed E-state index contributed by atoms with van der Waals surface area (Å²) in [5, 5.41) is 3.23. The number of amides is 1. The Morgan fingerprint density at radius 3 is 2.31 bits per heavy atom. The van der Waals surface area contributed by atoms with Gasteiger partial charge in [-0.15, -0.1) is 0 Å². The number of carbonyl (C=O) groups is 1. The van der Waals surface area contributed by atoms with Gasteiger partial charge in [-0.1, -0.05) is 12.8 Å². The third-order valence-electron chi connectivity index (χ3n) is 3.44. The van der Waals surface area contributed by atoms with Gasteiger partial charge in [-0.2, -0.15) is 0 Å². The highest BCUT2D eigenvalue weighted by Gasteiger charge is 2.22. The number of rotatable bonds is 1. The Bertz CT molecular complexity index is 219. The Hall–Kier alpha value is -0.770. The van der Waals surface area contributed by atoms with Gasteiger partial charge < -0.3 is 15.0 Å². The molecule has 0 unspecified atom stereocenters. The SMILES string of the molecule is O=C(OC1CCCCCC1)N1CCNCC1. The Morgan fingerprint density at radius 1 is 1.06 bits per heavy atom. The smallest absolute Gasteiger partial charge is 0.410 e. The summed E-state index contributed by atoms with van der Waals surface area (Å²) in [5.74, 6) is 0. The first-order valence-electron chi connectivity index (χ1n) is 6.52. The molecule has 0 radical (unpaired) electrons. The third-order valence-corrected chi connectivity index (χ3v) is 3.44. The van der Waals surface area contributed by atoms with E-state index in [0.717, 1.165) is 39.0 Å². The molecule has 4 nitrogen and oxygen atoms in total. The van der Waals surface area contributed by atoms with Crippen molar-refractivity contribution in [3.05, 3.63) is 0 Å². The normalized spacial score (nSPS) is 23.9. The zero-order valence-corrected chi connectivity index (χ0v) is 9.91. The molecule has 1 saturated heterocycles. The maximum Gasteiger partial charge on any atom is 0.410 e. The fourth-order valence-electron chi connectivity index (χ4n) is 2.42. The molecule has 1 aliphatic carbocycles. The average Bonchev–Trinajstić information content (AvgIpc) is 2.59. The van der Waals surface area contributed by atoms with Crippen LogP contribution in [0, 0.1) is 0 Å². The van der Waals surface area contributed by atoms with Gasteiger partial charge in [-0.05, 0) is 25.7 Å². The lowest BCUT2D eigenvalue weighted by Crippen LogP contribution is -2.47. The lowest BCUT2D eigenvalue weighted by Gasteiger charge is -2.28. The van der Waals surface area contributed by atoms with Gasteiger partial charge in [0.1, 0.15) is 6.10 Å². The zero-order chi connectivity index (χ0) is 11.2. The number of nitrogens with one attached hydrogen (secondary N) is 1. The van der Waals surface area contributed by atoms with Crippen LogP contribution in [0.15, 0.2) is 0 Å². The molecule has 4 heteroatoms. The van der Waals surface area contributed by atoms with Crippen LogP contribution in [-0.4, -0.2) is 43.3 Å². The van der Waals surface area contributed by atoms with Crippen LogP contribution >= 0.6 is 0 Å². The van der Waals surface area contributed by atoms with Gasteiger partial charge in [0.15, 0.2) is 0 Å². The van der Waals surface area contributed by atoms with Crippen molar-refractivity contribution in [2.24, 2.45) is 0 Å². The molecule has 0 atom stereocenters. The molecular weight excluding hydrogens is 204 g/mol. The van der Waals surface area contributed by atoms with Gasteiger partial charge in [0, 0.05) is 26.2 Å². The molecule has 2 rings (SSSR count). The molecule has 1 heterocycles. The van der Waals surface area contributed by atoms with Crippen molar-refractivity contribution < 1.29 is 9.53 Å². The van der Waals surface area contributed by atoms with Crippen molar-refractivity contribution >= 4 is 6.09 Å². The molecule has 0 bridgehead atoms. The summed E-state index contributed by atoms with van der Waals surface area (Å²) < 4.78 is 5.57. The zero-order valence-electron chi connectivity index (χ0n) is 9.91. The first kappa shape index (κ1) is 11.7. The summed E-state index contributed by atoms with van der Waals surface area (Å²) in [4.78, 5) is 13.7. The predicted molar refractivity (Wildman–Crippen MR) is 62.4 cm³/mol. The quantitative estimate of drug-likeness (QED) is 0.693. The van der Waals surface area contributed by atoms with Crippen molar-refractivity contribution in [3.8, 4) is 0 Å². The lowest BCUT2D eigenvalue weighted by atomic mass is 10.1. The molecule has 1 amide bonds. The average molecular weight is 226 g/mol. The summed E-state index contributed by atoms with van der Waals surface area (Å²) in [6.45, 7) is 3.34. The summed E-state index contributed by atoms with van der Waals surface area (Å²) in [6, 6.07) is 0. The third kappa shape index (κ3) is 3.37. The summed E-state index contributed by atoms with van der Waals surface area (Å²) in [7, 11) is 0. The van der Waals surface area contributed by atoms with Crippen LogP contribution in [-0.2, 0) is 4.74 Å². The molecule has 0 aromatic carbocycles. The van der Waals surface area contributed by atoms with Crippen molar-refractivity contribution in [1.82, 2.24) is 10.2 Å². The molecule has 1 saturated carbocycles. The maximum absolute atomic E-state index is 11.9. The van der Waals surface area contributed by atoms with E-state index in [-0.39, 0.29) is 12.2 Å². The highest BCUT2D eigenvalue weighted by atomic mass is 16.6. The van der Waals surface area contributed by atoms with E-state index in [9.17, 15) is 4.79 Å². The first-order valence-corrected chi connectivity index (χ1v) is 6.52. The van der Waals surface area contributed by atoms with Crippen LogP contribution < -0.4 is 5.32 Å². The van der Waals surface area contributed by atoms with Crippen LogP contribution in [0.2, 0.25) is 0 Å². The molecule has 2 aliphatic rings. The highest BCUT2D eigenvalue weighted by Crippen LogP contribution is 2.20. The van der Waals surface area contributed by atoms with Crippen LogP contribution in [0.25, 0.3) is 0 Å². The van der Waals surface area contributed by atoms with Gasteiger partial charge in [0.05, 0.1) is 0 Å². The lowest BCUT2D eigenvalue weighted by molar-refractivity contribution is 0.0531. The van der Waals surface area contributed by atoms with Crippen molar-refractivity contribution in [1.29, 1.82) is 0 Å². The topological polar surface area (TPSA) is 41.6 Å². The van der Waals surface area contributed by atoms with Gasteiger partial charge >= 0.3 is 6.09 Å². The number of hydrogen-bond acceptors (Lipinski definition) is 3. The second-order valence-corrected chi connectivity index (χ2v) is 4.73. The van der Waals surface area contributed by atoms with Crippen LogP contribution in [0.1, 0.15) is 38.5 Å². The maximum atomic E-state index is 11.9. The number of nitrogens with zero attached hydrogens (tertiary/aromatic N) is 1. The van der Waals surface area contributed by atoms with Gasteiger partial charge in [0.2, 0.25) is 0 Å². The standard InChI is InChI=1S/C12H22N2O2/c15-12(14-9-7-13-8-10-14)16-11-5-3-1-2-4-6-11/h11,13H,1-10H2. The van der Waals surface area contributed by atoms with E-state index in [1.54, 1.807) is 0 Å². The Labute approximate surface area is 97.3 Å². The van der Waals surface area contributed by atoms with E-state index < -0.39 is 0 Å². The highest BCUT2D eigenvalue weighted by molar-refractivity contribution is 5.68. The van der Waals surface area contributed by atoms with E-state index in [4.69, 9.17) is 4.74 Å². The molecule has 92 valence electrons. The van der Waals surface area contributed by atoms with Gasteiger partial charge in [0.25, 0.3) is 0 Å². The Morgan fingerprint density at radius 2 is 1.69 bits per heavy atom. The largest absolute Gasteiger partial charge is 0.446 e. The second-order valence-electron chi connectivity index (χ2n) is 4.73. The monoisotopic (exact) mass is 226 g/mol. The number of ether oxygens (including phenoxy) is 1. The van der Waals surface area contributed by atoms with Crippen molar-refractivity contribution in [2.45, 2.75) is 44.6 Å². The van der Waals surface area contributed by atoms with E-state index in [0.29, 0.717) is 0 Å². The fourth-order valence-corrected chi connectivity index (χ4v) is 2.42. The minimum atomic E-state index is -0.103. The number of carbonyl (C=O) groups excluding carboxylic acids is 1. The fraction of sp³-hybridized carbons (Fsp3) is 0.917. The molecule has 16 heavy (non-hydrogen) atoms. The Balaban J connectivity index is 1.76. The van der Waals surface area contributed by atoms with Gasteiger partial charge in [-0.3, -0.25) is 0 Å². The number of hydrogen-bond donors (Lipinski definition) is 1. The molecular formula is C12H22N2O2. The molecule has 1 aliphatic heterocycles. The predicted octanol–water partition coefficient (Wildman–Crippen LogP) is 1.75. The number of piperazine rings is 1. The molecule has 0 aromatic heterocycles. The van der Waals surface area contributed by atoms with Crippen molar-refractivity contribution in [2.75, 3.05) is 26.2 Å². The van der Waals surface area contributed by atoms with Crippen LogP contribution in [0.5, 0.6) is 0 Å². The molecule has 0 aromatic rings. The Kier molecular flexibility index (Phi) is 4.45. The summed E-state index contributed by atoms with van der Waals surface area (Å²) in [6.07, 6.45) is 7.18. The molecule has 1 N–H and O–H groups in total. The minimum Gasteiger partial charge on any atom is -0.446 e. The van der Waals surface area contributed by atoms with E-state index in [1.165, 1.54) is 25.7 Å². The molecule has 0 spiro atoms. The van der Waals surface area contributed by atoms with E-state index in [1.807, 2.05) is 4.90 Å². The summed E-state index contributed by atoms with van der Waals surface area (Å²) >= 11 is 0. The minimum absolute atomic E-state index is 0.103. The molecule has 2 fully saturated rings. The van der Waals surface area contributed by atoms with Crippen LogP contribution in [0.3, 0.4) is 0 Å². The van der Waals surface area contributed by atoms with Crippen LogP contribution in [0.4, 0.5) is 4.79 Å². The van der Waals surface area contributed by atoms with Crippen molar-refractivity contribution in [3.63, 3.8) is 0 Å². The van der Waals surface area contributed by atoms with E-state index >= 15 is 0 Å². The second kappa shape index (κ2) is 6.09. The summed E-state index contributed by atoms with van der Waals surface area (Å²) in [5.41, 5.74) is 0.